The lowest BCUT2D eigenvalue weighted by molar-refractivity contribution is 0.199. The van der Waals surface area contributed by atoms with Crippen LogP contribution in [0.5, 0.6) is 0 Å². The molecule has 0 heterocycles. The minimum Gasteiger partial charge on any atom is -0.389 e. The fraction of sp³-hybridized carbons (Fsp3) is 0.600. The first-order valence-electron chi connectivity index (χ1n) is 7.26. The molecule has 21 heavy (non-hydrogen) atoms. The maximum Gasteiger partial charge on any atom is 0.240 e. The largest absolute Gasteiger partial charge is 0.389 e. The molecular formula is C15H26N2O3S. The highest BCUT2D eigenvalue weighted by molar-refractivity contribution is 7.89. The summed E-state index contributed by atoms with van der Waals surface area (Å²) in [5.74, 6) is 0. The zero-order valence-electron chi connectivity index (χ0n) is 13.2. The molecule has 0 aromatic heterocycles. The molecule has 0 bridgehead atoms. The van der Waals surface area contributed by atoms with Crippen LogP contribution in [0.2, 0.25) is 0 Å². The van der Waals surface area contributed by atoms with E-state index in [0.717, 1.165) is 6.42 Å². The Morgan fingerprint density at radius 3 is 2.29 bits per heavy atom. The predicted octanol–water partition coefficient (Wildman–Crippen LogP) is 1.75. The van der Waals surface area contributed by atoms with Gasteiger partial charge in [-0.1, -0.05) is 19.1 Å². The summed E-state index contributed by atoms with van der Waals surface area (Å²) in [6.07, 6.45) is 0.434. The van der Waals surface area contributed by atoms with Gasteiger partial charge in [-0.2, -0.15) is 0 Å². The number of aliphatic hydroxyl groups is 1. The Balaban J connectivity index is 2.61. The quantitative estimate of drug-likeness (QED) is 0.767. The molecule has 2 unspecified atom stereocenters. The summed E-state index contributed by atoms with van der Waals surface area (Å²) < 4.78 is 26.9. The third-order valence-corrected chi connectivity index (χ3v) is 5.25. The van der Waals surface area contributed by atoms with E-state index in [9.17, 15) is 13.5 Å². The molecule has 2 atom stereocenters. The minimum absolute atomic E-state index is 0.220. The lowest BCUT2D eigenvalue weighted by Crippen LogP contribution is -2.37. The topological polar surface area (TPSA) is 69.6 Å². The minimum atomic E-state index is -3.49. The van der Waals surface area contributed by atoms with Gasteiger partial charge in [-0.05, 0) is 45.0 Å². The van der Waals surface area contributed by atoms with Crippen molar-refractivity contribution in [2.75, 3.05) is 20.1 Å². The Morgan fingerprint density at radius 1 is 1.24 bits per heavy atom. The standard InChI is InChI=1S/C15H26N2O3S/c1-5-12(2)17(4)11-10-16-21(19,20)15-8-6-14(7-9-15)13(3)18/h6-9,12-13,16,18H,5,10-11H2,1-4H3. The van der Waals surface area contributed by atoms with Crippen LogP contribution >= 0.6 is 0 Å². The van der Waals surface area contributed by atoms with Gasteiger partial charge in [-0.15, -0.1) is 0 Å². The fourth-order valence-corrected chi connectivity index (χ4v) is 2.92. The lowest BCUT2D eigenvalue weighted by atomic mass is 10.1. The van der Waals surface area contributed by atoms with Gasteiger partial charge < -0.3 is 10.0 Å². The van der Waals surface area contributed by atoms with Crippen LogP contribution in [-0.4, -0.2) is 44.6 Å². The molecule has 0 aliphatic carbocycles. The number of hydrogen-bond donors (Lipinski definition) is 2. The highest BCUT2D eigenvalue weighted by atomic mass is 32.2. The molecule has 0 spiro atoms. The monoisotopic (exact) mass is 314 g/mol. The molecule has 1 aromatic rings. The number of hydrogen-bond acceptors (Lipinski definition) is 4. The maximum atomic E-state index is 12.1. The summed E-state index contributed by atoms with van der Waals surface area (Å²) in [4.78, 5) is 2.34. The molecule has 1 rings (SSSR count). The predicted molar refractivity (Wildman–Crippen MR) is 84.6 cm³/mol. The smallest absolute Gasteiger partial charge is 0.240 e. The van der Waals surface area contributed by atoms with Crippen molar-refractivity contribution in [3.63, 3.8) is 0 Å². The van der Waals surface area contributed by atoms with Gasteiger partial charge in [0.2, 0.25) is 10.0 Å². The SMILES string of the molecule is CCC(C)N(C)CCNS(=O)(=O)c1ccc(C(C)O)cc1. The maximum absolute atomic E-state index is 12.1. The average Bonchev–Trinajstić information content (AvgIpc) is 2.46. The Labute approximate surface area is 128 Å². The van der Waals surface area contributed by atoms with Crippen LogP contribution in [-0.2, 0) is 10.0 Å². The van der Waals surface area contributed by atoms with Crippen molar-refractivity contribution in [2.24, 2.45) is 0 Å². The Kier molecular flexibility index (Phi) is 6.80. The summed E-state index contributed by atoms with van der Waals surface area (Å²) >= 11 is 0. The van der Waals surface area contributed by atoms with Gasteiger partial charge in [0.1, 0.15) is 0 Å². The van der Waals surface area contributed by atoms with Gasteiger partial charge in [-0.25, -0.2) is 13.1 Å². The summed E-state index contributed by atoms with van der Waals surface area (Å²) in [7, 11) is -1.50. The van der Waals surface area contributed by atoms with Crippen LogP contribution < -0.4 is 4.72 Å². The van der Waals surface area contributed by atoms with Crippen molar-refractivity contribution in [1.29, 1.82) is 0 Å². The van der Waals surface area contributed by atoms with Crippen LogP contribution in [0.15, 0.2) is 29.2 Å². The van der Waals surface area contributed by atoms with Crippen LogP contribution in [0.25, 0.3) is 0 Å². The highest BCUT2D eigenvalue weighted by Gasteiger charge is 2.15. The zero-order chi connectivity index (χ0) is 16.0. The third kappa shape index (κ3) is 5.39. The molecular weight excluding hydrogens is 288 g/mol. The van der Waals surface area contributed by atoms with Crippen molar-refractivity contribution < 1.29 is 13.5 Å². The lowest BCUT2D eigenvalue weighted by Gasteiger charge is -2.23. The first kappa shape index (κ1) is 18.1. The van der Waals surface area contributed by atoms with Crippen molar-refractivity contribution >= 4 is 10.0 Å². The molecule has 0 radical (unpaired) electrons. The third-order valence-electron chi connectivity index (χ3n) is 3.77. The number of benzene rings is 1. The molecule has 0 saturated heterocycles. The van der Waals surface area contributed by atoms with E-state index in [2.05, 4.69) is 23.5 Å². The van der Waals surface area contributed by atoms with E-state index in [4.69, 9.17) is 0 Å². The molecule has 0 fully saturated rings. The number of likely N-dealkylation sites (N-methyl/N-ethyl adjacent to an activating group) is 1. The van der Waals surface area contributed by atoms with Crippen molar-refractivity contribution in [3.8, 4) is 0 Å². The van der Waals surface area contributed by atoms with E-state index in [1.807, 2.05) is 7.05 Å². The van der Waals surface area contributed by atoms with Crippen LogP contribution in [0, 0.1) is 0 Å². The van der Waals surface area contributed by atoms with Gasteiger partial charge in [0.15, 0.2) is 0 Å². The second-order valence-corrected chi connectivity index (χ2v) is 7.15. The molecule has 120 valence electrons. The highest BCUT2D eigenvalue weighted by Crippen LogP contribution is 2.15. The Bertz CT molecular complexity index is 526. The van der Waals surface area contributed by atoms with Gasteiger partial charge in [0.05, 0.1) is 11.0 Å². The van der Waals surface area contributed by atoms with E-state index in [-0.39, 0.29) is 4.90 Å². The van der Waals surface area contributed by atoms with Crippen molar-refractivity contribution in [3.05, 3.63) is 29.8 Å². The fourth-order valence-electron chi connectivity index (χ4n) is 1.90. The Hall–Kier alpha value is -0.950. The molecule has 0 aliphatic heterocycles. The molecule has 1 aromatic carbocycles. The number of aliphatic hydroxyl groups excluding tert-OH is 1. The molecule has 5 nitrogen and oxygen atoms in total. The zero-order valence-corrected chi connectivity index (χ0v) is 14.0. The van der Waals surface area contributed by atoms with E-state index >= 15 is 0 Å². The summed E-state index contributed by atoms with van der Waals surface area (Å²) in [5.41, 5.74) is 0.699. The van der Waals surface area contributed by atoms with E-state index < -0.39 is 16.1 Å². The Morgan fingerprint density at radius 2 is 1.81 bits per heavy atom. The average molecular weight is 314 g/mol. The second kappa shape index (κ2) is 7.89. The van der Waals surface area contributed by atoms with Gasteiger partial charge >= 0.3 is 0 Å². The summed E-state index contributed by atoms with van der Waals surface area (Å²) in [5, 5.41) is 9.42. The molecule has 0 saturated carbocycles. The van der Waals surface area contributed by atoms with Gasteiger partial charge in [0.25, 0.3) is 0 Å². The van der Waals surface area contributed by atoms with Crippen molar-refractivity contribution in [1.82, 2.24) is 9.62 Å². The van der Waals surface area contributed by atoms with Crippen LogP contribution in [0.3, 0.4) is 0 Å². The van der Waals surface area contributed by atoms with Crippen LogP contribution in [0.4, 0.5) is 0 Å². The number of rotatable bonds is 8. The van der Waals surface area contributed by atoms with Crippen molar-refractivity contribution in [2.45, 2.75) is 44.2 Å². The first-order valence-corrected chi connectivity index (χ1v) is 8.74. The van der Waals surface area contributed by atoms with Gasteiger partial charge in [0, 0.05) is 19.1 Å². The first-order chi connectivity index (χ1) is 9.77. The van der Waals surface area contributed by atoms with E-state index in [1.165, 1.54) is 12.1 Å². The van der Waals surface area contributed by atoms with E-state index in [1.54, 1.807) is 19.1 Å². The van der Waals surface area contributed by atoms with E-state index in [0.29, 0.717) is 24.7 Å². The normalized spacial score (nSPS) is 15.1. The molecule has 6 heteroatoms. The summed E-state index contributed by atoms with van der Waals surface area (Å²) in [6.45, 7) is 6.91. The number of nitrogens with one attached hydrogen (secondary N) is 1. The molecule has 0 aliphatic rings. The second-order valence-electron chi connectivity index (χ2n) is 5.38. The molecule has 2 N–H and O–H groups in total. The van der Waals surface area contributed by atoms with Gasteiger partial charge in [-0.3, -0.25) is 0 Å². The summed E-state index contributed by atoms with van der Waals surface area (Å²) in [6, 6.07) is 6.72. The van der Waals surface area contributed by atoms with Crippen LogP contribution in [0.1, 0.15) is 38.9 Å². The number of nitrogens with zero attached hydrogens (tertiary/aromatic N) is 1. The number of sulfonamides is 1. The molecule has 0 amide bonds.